The average Bonchev–Trinajstić information content (AvgIpc) is 2.46. The number of carboxylic acids is 1. The maximum Gasteiger partial charge on any atom is 0.328 e. The van der Waals surface area contributed by atoms with Gasteiger partial charge in [0.1, 0.15) is 0 Å². The Labute approximate surface area is 122 Å². The largest absolute Gasteiger partial charge is 0.480 e. The van der Waals surface area contributed by atoms with Crippen molar-refractivity contribution in [3.8, 4) is 0 Å². The Bertz CT molecular complexity index is 625. The van der Waals surface area contributed by atoms with Crippen LogP contribution >= 0.6 is 0 Å². The van der Waals surface area contributed by atoms with Gasteiger partial charge in [-0.1, -0.05) is 19.1 Å². The van der Waals surface area contributed by atoms with Gasteiger partial charge in [0, 0.05) is 7.11 Å². The summed E-state index contributed by atoms with van der Waals surface area (Å²) >= 11 is 0. The SMILES string of the molecule is CCS(=O)(=O)c1ccccc1C(=O)NC(COC)C(=O)O. The predicted molar refractivity (Wildman–Crippen MR) is 74.9 cm³/mol. The first-order chi connectivity index (χ1) is 9.83. The maximum atomic E-state index is 12.1. The monoisotopic (exact) mass is 315 g/mol. The minimum Gasteiger partial charge on any atom is -0.480 e. The highest BCUT2D eigenvalue weighted by molar-refractivity contribution is 7.91. The summed E-state index contributed by atoms with van der Waals surface area (Å²) < 4.78 is 28.6. The molecule has 7 nitrogen and oxygen atoms in total. The van der Waals surface area contributed by atoms with Crippen molar-refractivity contribution < 1.29 is 27.9 Å². The van der Waals surface area contributed by atoms with Crippen LogP contribution in [0.15, 0.2) is 29.2 Å². The number of hydrogen-bond acceptors (Lipinski definition) is 5. The molecule has 1 amide bonds. The smallest absolute Gasteiger partial charge is 0.328 e. The van der Waals surface area contributed by atoms with Crippen LogP contribution in [0.5, 0.6) is 0 Å². The minimum atomic E-state index is -3.58. The number of hydrogen-bond donors (Lipinski definition) is 2. The molecule has 0 aliphatic carbocycles. The maximum absolute atomic E-state index is 12.1. The normalized spacial score (nSPS) is 12.7. The number of aliphatic carboxylic acids is 1. The molecular formula is C13H17NO6S. The van der Waals surface area contributed by atoms with E-state index in [-0.39, 0.29) is 22.8 Å². The molecule has 116 valence electrons. The van der Waals surface area contributed by atoms with Crippen LogP contribution in [0.1, 0.15) is 17.3 Å². The molecule has 0 fully saturated rings. The summed E-state index contributed by atoms with van der Waals surface area (Å²) in [6, 6.07) is 4.42. The molecule has 0 radical (unpaired) electrons. The van der Waals surface area contributed by atoms with E-state index in [0.29, 0.717) is 0 Å². The van der Waals surface area contributed by atoms with Crippen molar-refractivity contribution in [3.05, 3.63) is 29.8 Å². The number of carbonyl (C=O) groups is 2. The molecule has 1 unspecified atom stereocenters. The number of carbonyl (C=O) groups excluding carboxylic acids is 1. The van der Waals surface area contributed by atoms with Crippen LogP contribution in [-0.2, 0) is 19.4 Å². The Kier molecular flexibility index (Phi) is 5.86. The summed E-state index contributed by atoms with van der Waals surface area (Å²) in [5.41, 5.74) is -0.0818. The fourth-order valence-electron chi connectivity index (χ4n) is 1.66. The highest BCUT2D eigenvalue weighted by Crippen LogP contribution is 2.17. The molecule has 0 aliphatic heterocycles. The van der Waals surface area contributed by atoms with Crippen molar-refractivity contribution >= 4 is 21.7 Å². The van der Waals surface area contributed by atoms with E-state index in [4.69, 9.17) is 9.84 Å². The predicted octanol–water partition coefficient (Wildman–Crippen LogP) is 0.310. The number of amides is 1. The quantitative estimate of drug-likeness (QED) is 0.749. The van der Waals surface area contributed by atoms with Crippen LogP contribution < -0.4 is 5.32 Å². The van der Waals surface area contributed by atoms with Crippen molar-refractivity contribution in [1.82, 2.24) is 5.32 Å². The van der Waals surface area contributed by atoms with Gasteiger partial charge in [0.15, 0.2) is 15.9 Å². The zero-order valence-corrected chi connectivity index (χ0v) is 12.5. The van der Waals surface area contributed by atoms with Gasteiger partial charge in [-0.3, -0.25) is 4.79 Å². The van der Waals surface area contributed by atoms with E-state index >= 15 is 0 Å². The molecule has 1 rings (SSSR count). The van der Waals surface area contributed by atoms with Gasteiger partial charge in [-0.25, -0.2) is 13.2 Å². The van der Waals surface area contributed by atoms with Crippen LogP contribution in [0.2, 0.25) is 0 Å². The van der Waals surface area contributed by atoms with Gasteiger partial charge in [0.05, 0.1) is 22.8 Å². The van der Waals surface area contributed by atoms with Crippen molar-refractivity contribution in [2.45, 2.75) is 17.9 Å². The molecule has 2 N–H and O–H groups in total. The molecule has 0 saturated heterocycles. The van der Waals surface area contributed by atoms with Crippen molar-refractivity contribution in [3.63, 3.8) is 0 Å². The lowest BCUT2D eigenvalue weighted by atomic mass is 10.2. The summed E-state index contributed by atoms with van der Waals surface area (Å²) in [7, 11) is -2.28. The molecular weight excluding hydrogens is 298 g/mol. The van der Waals surface area contributed by atoms with Gasteiger partial charge in [0.25, 0.3) is 5.91 Å². The third kappa shape index (κ3) is 4.27. The first kappa shape index (κ1) is 17.1. The van der Waals surface area contributed by atoms with Crippen LogP contribution in [0.3, 0.4) is 0 Å². The summed E-state index contributed by atoms with van der Waals surface area (Å²) in [5.74, 6) is -2.19. The summed E-state index contributed by atoms with van der Waals surface area (Å²) in [6.45, 7) is 1.25. The zero-order valence-electron chi connectivity index (χ0n) is 11.7. The molecule has 0 aliphatic rings. The second kappa shape index (κ2) is 7.19. The van der Waals surface area contributed by atoms with Gasteiger partial charge in [-0.2, -0.15) is 0 Å². The molecule has 0 heterocycles. The van der Waals surface area contributed by atoms with E-state index in [1.807, 2.05) is 0 Å². The van der Waals surface area contributed by atoms with Gasteiger partial charge in [-0.05, 0) is 12.1 Å². The second-order valence-electron chi connectivity index (χ2n) is 4.22. The van der Waals surface area contributed by atoms with Gasteiger partial charge >= 0.3 is 5.97 Å². The number of ether oxygens (including phenoxy) is 1. The molecule has 8 heteroatoms. The van der Waals surface area contributed by atoms with Gasteiger partial charge in [-0.15, -0.1) is 0 Å². The molecule has 0 aromatic heterocycles. The van der Waals surface area contributed by atoms with Crippen molar-refractivity contribution in [1.29, 1.82) is 0 Å². The van der Waals surface area contributed by atoms with E-state index in [0.717, 1.165) is 0 Å². The van der Waals surface area contributed by atoms with Crippen LogP contribution in [-0.4, -0.2) is 50.9 Å². The summed E-state index contributed by atoms with van der Waals surface area (Å²) in [6.07, 6.45) is 0. The molecule has 0 spiro atoms. The highest BCUT2D eigenvalue weighted by atomic mass is 32.2. The van der Waals surface area contributed by atoms with Crippen LogP contribution in [0, 0.1) is 0 Å². The molecule has 1 atom stereocenters. The topological polar surface area (TPSA) is 110 Å². The lowest BCUT2D eigenvalue weighted by Gasteiger charge is -2.15. The Hall–Kier alpha value is -1.93. The average molecular weight is 315 g/mol. The number of benzene rings is 1. The van der Waals surface area contributed by atoms with E-state index in [9.17, 15) is 18.0 Å². The Balaban J connectivity index is 3.11. The van der Waals surface area contributed by atoms with E-state index < -0.39 is 27.8 Å². The van der Waals surface area contributed by atoms with Gasteiger partial charge in [0.2, 0.25) is 0 Å². The lowest BCUT2D eigenvalue weighted by Crippen LogP contribution is -2.44. The van der Waals surface area contributed by atoms with Crippen molar-refractivity contribution in [2.24, 2.45) is 0 Å². The lowest BCUT2D eigenvalue weighted by molar-refractivity contribution is -0.140. The molecule has 1 aromatic carbocycles. The minimum absolute atomic E-state index is 0.0818. The zero-order chi connectivity index (χ0) is 16.0. The number of nitrogens with one attached hydrogen (secondary N) is 1. The Morgan fingerprint density at radius 1 is 1.33 bits per heavy atom. The number of carboxylic acid groups (broad SMARTS) is 1. The number of rotatable bonds is 7. The molecule has 0 saturated carbocycles. The van der Waals surface area contributed by atoms with E-state index in [1.165, 1.54) is 38.3 Å². The number of methoxy groups -OCH3 is 1. The molecule has 21 heavy (non-hydrogen) atoms. The molecule has 0 bridgehead atoms. The fraction of sp³-hybridized carbons (Fsp3) is 0.385. The summed E-state index contributed by atoms with van der Waals surface area (Å²) in [5, 5.41) is 11.2. The first-order valence-corrected chi connectivity index (χ1v) is 7.83. The van der Waals surface area contributed by atoms with Crippen LogP contribution in [0.25, 0.3) is 0 Å². The highest BCUT2D eigenvalue weighted by Gasteiger charge is 2.25. The Morgan fingerprint density at radius 3 is 2.48 bits per heavy atom. The summed E-state index contributed by atoms with van der Waals surface area (Å²) in [4.78, 5) is 23.0. The van der Waals surface area contributed by atoms with Crippen LogP contribution in [0.4, 0.5) is 0 Å². The standard InChI is InChI=1S/C13H17NO6S/c1-3-21(18,19)11-7-5-4-6-9(11)12(15)14-10(8-20-2)13(16)17/h4-7,10H,3,8H2,1-2H3,(H,14,15)(H,16,17). The Morgan fingerprint density at radius 2 is 1.95 bits per heavy atom. The third-order valence-corrected chi connectivity index (χ3v) is 4.57. The first-order valence-electron chi connectivity index (χ1n) is 6.17. The van der Waals surface area contributed by atoms with E-state index in [1.54, 1.807) is 0 Å². The molecule has 1 aromatic rings. The second-order valence-corrected chi connectivity index (χ2v) is 6.47. The van der Waals surface area contributed by atoms with Gasteiger partial charge < -0.3 is 15.2 Å². The third-order valence-electron chi connectivity index (χ3n) is 2.78. The van der Waals surface area contributed by atoms with E-state index in [2.05, 4.69) is 5.32 Å². The number of sulfone groups is 1. The fourth-order valence-corrected chi connectivity index (χ4v) is 2.75. The van der Waals surface area contributed by atoms with Crippen molar-refractivity contribution in [2.75, 3.05) is 19.5 Å².